The Morgan fingerprint density at radius 1 is 1.11 bits per heavy atom. The quantitative estimate of drug-likeness (QED) is 0.171. The number of nitrogens with one attached hydrogen (secondary N) is 1. The van der Waals surface area contributed by atoms with Crippen LogP contribution in [0, 0.1) is 0 Å². The van der Waals surface area contributed by atoms with Crippen LogP contribution < -0.4 is 20.0 Å². The first-order valence-electron chi connectivity index (χ1n) is 13.9. The molecule has 4 aromatic rings. The number of hydrogen-bond acceptors (Lipinski definition) is 7. The fourth-order valence-corrected chi connectivity index (χ4v) is 6.19. The molecule has 2 aliphatic rings. The van der Waals surface area contributed by atoms with Crippen molar-refractivity contribution in [1.29, 1.82) is 0 Å². The number of nitrogens with zero attached hydrogens (tertiary/aromatic N) is 6. The van der Waals surface area contributed by atoms with Gasteiger partial charge in [0.25, 0.3) is 0 Å². The summed E-state index contributed by atoms with van der Waals surface area (Å²) in [5.41, 5.74) is 9.65. The van der Waals surface area contributed by atoms with Crippen LogP contribution in [0.1, 0.15) is 24.0 Å². The van der Waals surface area contributed by atoms with Crippen molar-refractivity contribution in [3.8, 4) is 22.8 Å². The van der Waals surface area contributed by atoms with Gasteiger partial charge < -0.3 is 9.64 Å². The zero-order chi connectivity index (χ0) is 31.7. The van der Waals surface area contributed by atoms with E-state index in [1.54, 1.807) is 11.8 Å². The number of benzene rings is 3. The molecule has 1 N–H and O–H groups in total. The van der Waals surface area contributed by atoms with Gasteiger partial charge in [0.15, 0.2) is 11.0 Å². The number of alkyl halides is 3. The number of allylic oxidation sites excluding steroid dienone is 1. The number of halogens is 3. The smallest absolute Gasteiger partial charge is 0.406 e. The fraction of sp³-hybridized carbons (Fsp3) is 0.226. The van der Waals surface area contributed by atoms with Crippen molar-refractivity contribution in [3.63, 3.8) is 0 Å². The second kappa shape index (κ2) is 12.5. The number of amidine groups is 1. The normalized spacial score (nSPS) is 16.7. The number of fused-ring (bicyclic) bond motifs is 3. The zero-order valence-corrected chi connectivity index (χ0v) is 26.1. The van der Waals surface area contributed by atoms with Crippen LogP contribution in [-0.4, -0.2) is 51.3 Å². The maximum Gasteiger partial charge on any atom is 0.573 e. The van der Waals surface area contributed by atoms with E-state index >= 15 is 0 Å². The van der Waals surface area contributed by atoms with Crippen LogP contribution >= 0.6 is 24.0 Å². The fourth-order valence-electron chi connectivity index (χ4n) is 4.98. The van der Waals surface area contributed by atoms with Gasteiger partial charge in [-0.1, -0.05) is 55.1 Å². The van der Waals surface area contributed by atoms with Crippen LogP contribution in [0.2, 0.25) is 0 Å². The molecule has 3 aromatic carbocycles. The summed E-state index contributed by atoms with van der Waals surface area (Å²) < 4.78 is 42.6. The summed E-state index contributed by atoms with van der Waals surface area (Å²) in [5.74, 6) is 1.29. The monoisotopic (exact) mass is 651 g/mol. The van der Waals surface area contributed by atoms with Crippen LogP contribution in [0.4, 0.5) is 24.5 Å². The molecule has 9 nitrogen and oxygen atoms in total. The molecule has 0 bridgehead atoms. The van der Waals surface area contributed by atoms with Gasteiger partial charge in [0.05, 0.1) is 18.0 Å². The Balaban J connectivity index is 1.05. The highest BCUT2D eigenvalue weighted by Crippen LogP contribution is 2.44. The lowest BCUT2D eigenvalue weighted by atomic mass is 9.93. The molecule has 6 rings (SSSR count). The molecule has 232 valence electrons. The van der Waals surface area contributed by atoms with Crippen molar-refractivity contribution < 1.29 is 22.7 Å². The molecule has 1 saturated heterocycles. The molecule has 0 radical (unpaired) electrons. The summed E-state index contributed by atoms with van der Waals surface area (Å²) in [5, 5.41) is 5.46. The van der Waals surface area contributed by atoms with Crippen LogP contribution in [0.25, 0.3) is 17.1 Å². The number of anilines is 2. The molecule has 3 heterocycles. The average Bonchev–Trinajstić information content (AvgIpc) is 3.65. The van der Waals surface area contributed by atoms with Crippen LogP contribution in [0.3, 0.4) is 0 Å². The van der Waals surface area contributed by atoms with Crippen molar-refractivity contribution in [1.82, 2.24) is 20.2 Å². The molecule has 0 aliphatic carbocycles. The predicted octanol–water partition coefficient (Wildman–Crippen LogP) is 6.82. The molecule has 0 spiro atoms. The summed E-state index contributed by atoms with van der Waals surface area (Å²) in [4.78, 5) is 18.9. The summed E-state index contributed by atoms with van der Waals surface area (Å²) in [7, 11) is 4.05. The molecular weight excluding hydrogens is 624 g/mol. The second-order valence-corrected chi connectivity index (χ2v) is 11.9. The van der Waals surface area contributed by atoms with Gasteiger partial charge in [-0.15, -0.1) is 18.3 Å². The van der Waals surface area contributed by atoms with E-state index in [2.05, 4.69) is 66.3 Å². The van der Waals surface area contributed by atoms with E-state index in [4.69, 9.17) is 17.1 Å². The minimum absolute atomic E-state index is 0.229. The lowest BCUT2D eigenvalue weighted by molar-refractivity contribution is -0.274. The standard InChI is InChI=1S/C31H28F3N7O2S2/c1-19-14-24-17-45-30(41(24)27-15-23(39(2)3)10-13-26(19)27)36-29(44)38-42-16-20-4-6-21(7-5-20)28-35-18-40(37-28)22-8-11-25(12-9-22)43-31(32,33)34/h4-15,18-19H,16-17H2,1-3H3,(H,38,44). The van der Waals surface area contributed by atoms with Crippen molar-refractivity contribution in [3.05, 3.63) is 96.0 Å². The van der Waals surface area contributed by atoms with Crippen molar-refractivity contribution in [2.75, 3.05) is 29.6 Å². The number of thiocarbonyl (C=S) groups is 1. The highest BCUT2D eigenvalue weighted by Gasteiger charge is 2.33. The Bertz CT molecular complexity index is 1770. The van der Waals surface area contributed by atoms with Gasteiger partial charge in [-0.25, -0.2) is 15.1 Å². The molecule has 14 heteroatoms. The molecule has 1 atom stereocenters. The van der Waals surface area contributed by atoms with Crippen LogP contribution in [0.15, 0.2) is 89.8 Å². The molecule has 1 unspecified atom stereocenters. The minimum atomic E-state index is -4.75. The van der Waals surface area contributed by atoms with E-state index < -0.39 is 6.36 Å². The highest BCUT2D eigenvalue weighted by atomic mass is 32.2. The first-order chi connectivity index (χ1) is 21.5. The van der Waals surface area contributed by atoms with Gasteiger partial charge in [0.1, 0.15) is 12.1 Å². The number of thioether (sulfide) groups is 1. The third-order valence-corrected chi connectivity index (χ3v) is 8.31. The Hall–Kier alpha value is -4.40. The second-order valence-electron chi connectivity index (χ2n) is 10.5. The summed E-state index contributed by atoms with van der Waals surface area (Å²) in [6.07, 6.45) is -0.981. The van der Waals surface area contributed by atoms with Crippen molar-refractivity contribution >= 4 is 45.6 Å². The van der Waals surface area contributed by atoms with E-state index in [1.807, 2.05) is 38.4 Å². The van der Waals surface area contributed by atoms with Gasteiger partial charge in [0.2, 0.25) is 5.11 Å². The van der Waals surface area contributed by atoms with E-state index in [9.17, 15) is 13.2 Å². The van der Waals surface area contributed by atoms with Gasteiger partial charge in [0, 0.05) is 42.7 Å². The summed E-state index contributed by atoms with van der Waals surface area (Å²) in [6, 6.07) is 19.4. The number of rotatable bonds is 7. The molecule has 2 aliphatic heterocycles. The van der Waals surface area contributed by atoms with Crippen LogP contribution in [-0.2, 0) is 11.4 Å². The average molecular weight is 652 g/mol. The molecule has 0 saturated carbocycles. The highest BCUT2D eigenvalue weighted by molar-refractivity contribution is 8.14. The number of aliphatic imine (C=N–C) groups is 1. The van der Waals surface area contributed by atoms with Crippen molar-refractivity contribution in [2.24, 2.45) is 4.99 Å². The number of ether oxygens (including phenoxy) is 1. The topological polar surface area (TPSA) is 80.0 Å². The maximum absolute atomic E-state index is 12.4. The largest absolute Gasteiger partial charge is 0.573 e. The van der Waals surface area contributed by atoms with E-state index in [0.29, 0.717) is 17.4 Å². The summed E-state index contributed by atoms with van der Waals surface area (Å²) >= 11 is 7.12. The third-order valence-electron chi connectivity index (χ3n) is 7.17. The predicted molar refractivity (Wildman–Crippen MR) is 174 cm³/mol. The molecule has 1 aromatic heterocycles. The zero-order valence-electron chi connectivity index (χ0n) is 24.4. The van der Waals surface area contributed by atoms with E-state index in [1.165, 1.54) is 46.5 Å². The van der Waals surface area contributed by atoms with Gasteiger partial charge in [-0.3, -0.25) is 9.74 Å². The van der Waals surface area contributed by atoms with E-state index in [0.717, 1.165) is 33.4 Å². The Morgan fingerprint density at radius 2 is 1.87 bits per heavy atom. The first kappa shape index (κ1) is 30.6. The Labute approximate surface area is 267 Å². The minimum Gasteiger partial charge on any atom is -0.406 e. The Morgan fingerprint density at radius 3 is 2.58 bits per heavy atom. The third kappa shape index (κ3) is 6.97. The SMILES string of the molecule is CC1C=C2CSC(=NC(=S)NOCc3ccc(-c4ncn(-c5ccc(OC(F)(F)F)cc5)n4)cc3)N2c2cc(N(C)C)ccc21. The molecular formula is C31H28F3N7O2S2. The van der Waals surface area contributed by atoms with Gasteiger partial charge in [-0.2, -0.15) is 4.99 Å². The first-order valence-corrected chi connectivity index (χ1v) is 15.3. The number of aromatic nitrogens is 3. The Kier molecular flexibility index (Phi) is 8.53. The lowest BCUT2D eigenvalue weighted by Crippen LogP contribution is -2.29. The number of hydroxylamine groups is 1. The van der Waals surface area contributed by atoms with Gasteiger partial charge in [-0.05, 0) is 59.7 Å². The van der Waals surface area contributed by atoms with Crippen LogP contribution in [0.5, 0.6) is 5.75 Å². The molecule has 45 heavy (non-hydrogen) atoms. The lowest BCUT2D eigenvalue weighted by Gasteiger charge is -2.31. The molecule has 1 fully saturated rings. The molecule has 0 amide bonds. The van der Waals surface area contributed by atoms with E-state index in [-0.39, 0.29) is 17.5 Å². The van der Waals surface area contributed by atoms with Crippen molar-refractivity contribution in [2.45, 2.75) is 25.8 Å². The maximum atomic E-state index is 12.4. The summed E-state index contributed by atoms with van der Waals surface area (Å²) in [6.45, 7) is 2.45. The number of hydrogen-bond donors (Lipinski definition) is 1. The van der Waals surface area contributed by atoms with Gasteiger partial charge >= 0.3 is 6.36 Å².